The van der Waals surface area contributed by atoms with Crippen LogP contribution in [0.2, 0.25) is 0 Å². The normalized spacial score (nSPS) is 11.4. The molecule has 0 saturated carbocycles. The highest BCUT2D eigenvalue weighted by Gasteiger charge is 2.09. The standard InChI is InChI=1S/C15H16N2O3/c1-3-20-15(19)17-16-10(2)12-9-8-11-6-4-5-7-13(11)14(12)18/h4-9,18H,3H2,1-2H3,(H,17,19)/b16-10-. The summed E-state index contributed by atoms with van der Waals surface area (Å²) in [7, 11) is 0. The van der Waals surface area contributed by atoms with E-state index in [0.29, 0.717) is 11.3 Å². The molecule has 2 N–H and O–H groups in total. The predicted octanol–water partition coefficient (Wildman–Crippen LogP) is 3.02. The van der Waals surface area contributed by atoms with Gasteiger partial charge in [-0.3, -0.25) is 0 Å². The Morgan fingerprint density at radius 2 is 2.05 bits per heavy atom. The van der Waals surface area contributed by atoms with E-state index in [0.717, 1.165) is 10.8 Å². The molecule has 0 heterocycles. The minimum absolute atomic E-state index is 0.148. The monoisotopic (exact) mass is 272 g/mol. The zero-order valence-corrected chi connectivity index (χ0v) is 11.4. The first-order valence-electron chi connectivity index (χ1n) is 6.31. The lowest BCUT2D eigenvalue weighted by molar-refractivity contribution is 0.152. The Morgan fingerprint density at radius 3 is 2.80 bits per heavy atom. The number of nitrogens with zero attached hydrogens (tertiary/aromatic N) is 1. The molecular formula is C15H16N2O3. The van der Waals surface area contributed by atoms with Crippen LogP contribution in [-0.4, -0.2) is 23.5 Å². The van der Waals surface area contributed by atoms with Crippen molar-refractivity contribution in [3.8, 4) is 5.75 Å². The number of nitrogens with one attached hydrogen (secondary N) is 1. The fourth-order valence-electron chi connectivity index (χ4n) is 1.90. The van der Waals surface area contributed by atoms with Crippen LogP contribution in [0.5, 0.6) is 5.75 Å². The molecular weight excluding hydrogens is 256 g/mol. The first-order chi connectivity index (χ1) is 9.63. The van der Waals surface area contributed by atoms with Crippen LogP contribution in [0.4, 0.5) is 4.79 Å². The van der Waals surface area contributed by atoms with Crippen molar-refractivity contribution in [2.75, 3.05) is 6.61 Å². The number of phenols is 1. The number of hydrogen-bond donors (Lipinski definition) is 2. The van der Waals surface area contributed by atoms with Crippen molar-refractivity contribution < 1.29 is 14.6 Å². The molecule has 1 amide bonds. The smallest absolute Gasteiger partial charge is 0.427 e. The van der Waals surface area contributed by atoms with Gasteiger partial charge >= 0.3 is 6.09 Å². The number of ether oxygens (including phenoxy) is 1. The molecule has 0 spiro atoms. The molecule has 0 aliphatic heterocycles. The molecule has 0 atom stereocenters. The minimum Gasteiger partial charge on any atom is -0.507 e. The maximum atomic E-state index is 11.2. The highest BCUT2D eigenvalue weighted by molar-refractivity contribution is 6.06. The number of hydrazone groups is 1. The number of carbonyl (C=O) groups excluding carboxylic acids is 1. The summed E-state index contributed by atoms with van der Waals surface area (Å²) in [6.45, 7) is 3.70. The molecule has 0 fully saturated rings. The third-order valence-electron chi connectivity index (χ3n) is 2.88. The average Bonchev–Trinajstić information content (AvgIpc) is 2.46. The van der Waals surface area contributed by atoms with Gasteiger partial charge in [0.2, 0.25) is 0 Å². The topological polar surface area (TPSA) is 70.9 Å². The number of rotatable bonds is 3. The van der Waals surface area contributed by atoms with E-state index < -0.39 is 6.09 Å². The largest absolute Gasteiger partial charge is 0.507 e. The van der Waals surface area contributed by atoms with E-state index >= 15 is 0 Å². The van der Waals surface area contributed by atoms with Crippen LogP contribution in [0.25, 0.3) is 10.8 Å². The summed E-state index contributed by atoms with van der Waals surface area (Å²) < 4.78 is 4.71. The Labute approximate surface area is 116 Å². The molecule has 0 aliphatic rings. The van der Waals surface area contributed by atoms with Gasteiger partial charge in [-0.25, -0.2) is 10.2 Å². The number of amides is 1. The van der Waals surface area contributed by atoms with Crippen molar-refractivity contribution in [2.45, 2.75) is 13.8 Å². The fraction of sp³-hybridized carbons (Fsp3) is 0.200. The molecule has 0 radical (unpaired) electrons. The number of aromatic hydroxyl groups is 1. The first-order valence-corrected chi connectivity index (χ1v) is 6.31. The maximum absolute atomic E-state index is 11.2. The molecule has 0 unspecified atom stereocenters. The SMILES string of the molecule is CCOC(=O)N/N=C(/C)c1ccc2ccccc2c1O. The van der Waals surface area contributed by atoms with E-state index in [1.807, 2.05) is 30.3 Å². The summed E-state index contributed by atoms with van der Waals surface area (Å²) >= 11 is 0. The molecule has 0 aliphatic carbocycles. The van der Waals surface area contributed by atoms with E-state index in [-0.39, 0.29) is 12.4 Å². The lowest BCUT2D eigenvalue weighted by atomic mass is 10.0. The number of benzene rings is 2. The Kier molecular flexibility index (Phi) is 4.20. The van der Waals surface area contributed by atoms with Crippen molar-refractivity contribution in [3.05, 3.63) is 42.0 Å². The molecule has 0 aromatic heterocycles. The van der Waals surface area contributed by atoms with Gasteiger partial charge in [0.1, 0.15) is 5.75 Å². The van der Waals surface area contributed by atoms with Gasteiger partial charge in [-0.15, -0.1) is 0 Å². The molecule has 20 heavy (non-hydrogen) atoms. The van der Waals surface area contributed by atoms with E-state index in [9.17, 15) is 9.90 Å². The van der Waals surface area contributed by atoms with Gasteiger partial charge in [0.15, 0.2) is 0 Å². The molecule has 104 valence electrons. The summed E-state index contributed by atoms with van der Waals surface area (Å²) in [6.07, 6.45) is -0.618. The van der Waals surface area contributed by atoms with Gasteiger partial charge in [-0.2, -0.15) is 5.10 Å². The second-order valence-corrected chi connectivity index (χ2v) is 4.21. The van der Waals surface area contributed by atoms with Crippen LogP contribution in [0.3, 0.4) is 0 Å². The summed E-state index contributed by atoms with van der Waals surface area (Å²) in [6, 6.07) is 11.2. The van der Waals surface area contributed by atoms with Crippen LogP contribution >= 0.6 is 0 Å². The van der Waals surface area contributed by atoms with Crippen molar-refractivity contribution in [1.82, 2.24) is 5.43 Å². The molecule has 0 bridgehead atoms. The Morgan fingerprint density at radius 1 is 1.30 bits per heavy atom. The van der Waals surface area contributed by atoms with Crippen LogP contribution in [0.1, 0.15) is 19.4 Å². The van der Waals surface area contributed by atoms with E-state index in [1.165, 1.54) is 0 Å². The zero-order chi connectivity index (χ0) is 14.5. The van der Waals surface area contributed by atoms with Gasteiger partial charge in [-0.05, 0) is 25.3 Å². The Hall–Kier alpha value is -2.56. The van der Waals surface area contributed by atoms with Gasteiger partial charge in [0, 0.05) is 10.9 Å². The molecule has 2 aromatic carbocycles. The molecule has 2 aromatic rings. The predicted molar refractivity (Wildman–Crippen MR) is 78.0 cm³/mol. The number of carbonyl (C=O) groups is 1. The number of fused-ring (bicyclic) bond motifs is 1. The first kappa shape index (κ1) is 13.9. The van der Waals surface area contributed by atoms with Gasteiger partial charge in [0.25, 0.3) is 0 Å². The molecule has 2 rings (SSSR count). The number of phenolic OH excluding ortho intramolecular Hbond substituents is 1. The van der Waals surface area contributed by atoms with E-state index in [1.54, 1.807) is 19.9 Å². The van der Waals surface area contributed by atoms with Crippen molar-refractivity contribution in [2.24, 2.45) is 5.10 Å². The lowest BCUT2D eigenvalue weighted by Gasteiger charge is -2.08. The summed E-state index contributed by atoms with van der Waals surface area (Å²) in [4.78, 5) is 11.2. The highest BCUT2D eigenvalue weighted by atomic mass is 16.5. The lowest BCUT2D eigenvalue weighted by Crippen LogP contribution is -2.20. The number of hydrogen-bond acceptors (Lipinski definition) is 4. The molecule has 5 heteroatoms. The van der Waals surface area contributed by atoms with Crippen LogP contribution in [0.15, 0.2) is 41.5 Å². The van der Waals surface area contributed by atoms with Gasteiger partial charge in [0.05, 0.1) is 12.3 Å². The summed E-state index contributed by atoms with van der Waals surface area (Å²) in [5.74, 6) is 0.148. The van der Waals surface area contributed by atoms with E-state index in [2.05, 4.69) is 10.5 Å². The van der Waals surface area contributed by atoms with Crippen molar-refractivity contribution >= 4 is 22.6 Å². The van der Waals surface area contributed by atoms with Gasteiger partial charge in [-0.1, -0.05) is 30.3 Å². The van der Waals surface area contributed by atoms with Crippen LogP contribution in [-0.2, 0) is 4.74 Å². The van der Waals surface area contributed by atoms with Crippen LogP contribution in [0, 0.1) is 0 Å². The van der Waals surface area contributed by atoms with E-state index in [4.69, 9.17) is 4.74 Å². The minimum atomic E-state index is -0.618. The Bertz CT molecular complexity index is 665. The average molecular weight is 272 g/mol. The van der Waals surface area contributed by atoms with Crippen LogP contribution < -0.4 is 5.43 Å². The zero-order valence-electron chi connectivity index (χ0n) is 11.4. The fourth-order valence-corrected chi connectivity index (χ4v) is 1.90. The quantitative estimate of drug-likeness (QED) is 0.666. The maximum Gasteiger partial charge on any atom is 0.427 e. The third kappa shape index (κ3) is 2.88. The second-order valence-electron chi connectivity index (χ2n) is 4.21. The molecule has 0 saturated heterocycles. The summed E-state index contributed by atoms with van der Waals surface area (Å²) in [5, 5.41) is 15.9. The third-order valence-corrected chi connectivity index (χ3v) is 2.88. The second kappa shape index (κ2) is 6.06. The van der Waals surface area contributed by atoms with Crippen molar-refractivity contribution in [3.63, 3.8) is 0 Å². The van der Waals surface area contributed by atoms with Gasteiger partial charge < -0.3 is 9.84 Å². The Balaban J connectivity index is 2.30. The summed E-state index contributed by atoms with van der Waals surface area (Å²) in [5.41, 5.74) is 3.34. The highest BCUT2D eigenvalue weighted by Crippen LogP contribution is 2.28. The van der Waals surface area contributed by atoms with Crippen molar-refractivity contribution in [1.29, 1.82) is 0 Å². The molecule has 5 nitrogen and oxygen atoms in total.